The van der Waals surface area contributed by atoms with E-state index < -0.39 is 0 Å². The molecule has 0 aromatic rings. The minimum atomic E-state index is 0.551. The maximum Gasteiger partial charge on any atom is -0.00215 e. The lowest BCUT2D eigenvalue weighted by Gasteiger charge is -2.17. The monoisotopic (exact) mass is 361 g/mol. The molecule has 0 fully saturated rings. The summed E-state index contributed by atoms with van der Waals surface area (Å²) in [5.74, 6) is 0. The minimum absolute atomic E-state index is 0.551. The lowest BCUT2D eigenvalue weighted by molar-refractivity contribution is 0.289. The van der Waals surface area contributed by atoms with Crippen molar-refractivity contribution in [3.05, 3.63) is 0 Å². The van der Waals surface area contributed by atoms with Gasteiger partial charge >= 0.3 is 0 Å². The molecule has 0 bridgehead atoms. The molecular weight excluding hydrogens is 302 g/mol. The molecule has 0 aliphatic heterocycles. The van der Waals surface area contributed by atoms with Gasteiger partial charge in [-0.2, -0.15) is 0 Å². The van der Waals surface area contributed by atoms with Gasteiger partial charge in [-0.3, -0.25) is 0 Å². The Kier molecular flexibility index (Phi) is 50.5. The van der Waals surface area contributed by atoms with E-state index in [-0.39, 0.29) is 0 Å². The van der Waals surface area contributed by atoms with Crippen molar-refractivity contribution in [2.75, 3.05) is 19.6 Å². The first-order valence-electron chi connectivity index (χ1n) is 11.5. The predicted octanol–water partition coefficient (Wildman–Crippen LogP) is 9.21. The van der Waals surface area contributed by atoms with Crippen molar-refractivity contribution in [2.24, 2.45) is 5.41 Å². The Bertz CT molecular complexity index is 152. The van der Waals surface area contributed by atoms with Crippen molar-refractivity contribution in [3.63, 3.8) is 0 Å². The van der Waals surface area contributed by atoms with Crippen molar-refractivity contribution in [2.45, 2.75) is 135 Å². The highest BCUT2D eigenvalue weighted by Crippen LogP contribution is 2.21. The van der Waals surface area contributed by atoms with E-state index in [9.17, 15) is 0 Å². The maximum absolute atomic E-state index is 2.49. The third-order valence-electron chi connectivity index (χ3n) is 3.06. The van der Waals surface area contributed by atoms with Gasteiger partial charge in [0.25, 0.3) is 0 Å². The lowest BCUT2D eigenvalue weighted by atomic mass is 9.90. The summed E-state index contributed by atoms with van der Waals surface area (Å²) in [4.78, 5) is 2.49. The van der Waals surface area contributed by atoms with E-state index in [4.69, 9.17) is 0 Å². The lowest BCUT2D eigenvalue weighted by Crippen LogP contribution is -2.24. The second-order valence-corrected chi connectivity index (χ2v) is 7.16. The van der Waals surface area contributed by atoms with Gasteiger partial charge in [0.1, 0.15) is 0 Å². The molecule has 1 nitrogen and oxygen atoms in total. The van der Waals surface area contributed by atoms with Gasteiger partial charge in [0, 0.05) is 0 Å². The van der Waals surface area contributed by atoms with Crippen LogP contribution >= 0.6 is 0 Å². The van der Waals surface area contributed by atoms with E-state index in [1.807, 2.05) is 27.7 Å². The Labute approximate surface area is 165 Å². The van der Waals surface area contributed by atoms with Gasteiger partial charge in [0.05, 0.1) is 0 Å². The number of nitrogens with zero attached hydrogens (tertiary/aromatic N) is 1. The Morgan fingerprint density at radius 1 is 0.600 bits per heavy atom. The van der Waals surface area contributed by atoms with Crippen LogP contribution < -0.4 is 0 Å². The van der Waals surface area contributed by atoms with Gasteiger partial charge < -0.3 is 4.90 Å². The third kappa shape index (κ3) is 59.3. The molecule has 0 aliphatic carbocycles. The Balaban J connectivity index is -0.0000000785. The molecule has 0 atom stereocenters. The fraction of sp³-hybridized carbons (Fsp3) is 1.00. The van der Waals surface area contributed by atoms with Gasteiger partial charge in [0.15, 0.2) is 0 Å². The molecule has 0 saturated carbocycles. The molecule has 0 spiro atoms. The molecule has 0 radical (unpaired) electrons. The van der Waals surface area contributed by atoms with Gasteiger partial charge in [-0.1, -0.05) is 116 Å². The minimum Gasteiger partial charge on any atom is -0.304 e. The SMILES string of the molecule is CC.CC.CCC.CCCCCC(C)(C)C.CCCN(CC)CCC. The Morgan fingerprint density at radius 2 is 0.960 bits per heavy atom. The molecule has 0 aromatic carbocycles. The van der Waals surface area contributed by atoms with Gasteiger partial charge in [-0.25, -0.2) is 0 Å². The zero-order chi connectivity index (χ0) is 21.1. The van der Waals surface area contributed by atoms with Crippen LogP contribution in [0.1, 0.15) is 135 Å². The van der Waals surface area contributed by atoms with Crippen molar-refractivity contribution in [3.8, 4) is 0 Å². The first-order valence-corrected chi connectivity index (χ1v) is 11.5. The molecule has 0 rings (SSSR count). The van der Waals surface area contributed by atoms with E-state index >= 15 is 0 Å². The highest BCUT2D eigenvalue weighted by Gasteiger charge is 2.07. The fourth-order valence-corrected chi connectivity index (χ4v) is 1.97. The van der Waals surface area contributed by atoms with Crippen molar-refractivity contribution >= 4 is 0 Å². The average Bonchev–Trinajstić information content (AvgIpc) is 2.59. The van der Waals surface area contributed by atoms with E-state index in [1.165, 1.54) is 64.6 Å². The van der Waals surface area contributed by atoms with Crippen molar-refractivity contribution in [1.29, 1.82) is 0 Å². The second kappa shape index (κ2) is 35.1. The summed E-state index contributed by atoms with van der Waals surface area (Å²) in [5.41, 5.74) is 0.551. The van der Waals surface area contributed by atoms with E-state index in [0.29, 0.717) is 5.41 Å². The van der Waals surface area contributed by atoms with Crippen molar-refractivity contribution < 1.29 is 0 Å². The standard InChI is InChI=1S/C9H20.C8H19N.C3H8.2C2H6/c1-5-6-7-8-9(2,3)4;1-4-7-9(6-3)8-5-2;1-3-2;2*1-2/h5-8H2,1-4H3;4-8H2,1-3H3;3H2,1-2H3;2*1-2H3. The molecule has 0 saturated heterocycles. The zero-order valence-corrected chi connectivity index (χ0v) is 21.0. The van der Waals surface area contributed by atoms with E-state index in [0.717, 1.165) is 0 Å². The van der Waals surface area contributed by atoms with Crippen molar-refractivity contribution in [1.82, 2.24) is 4.90 Å². The van der Waals surface area contributed by atoms with Gasteiger partial charge in [-0.05, 0) is 44.3 Å². The summed E-state index contributed by atoms with van der Waals surface area (Å²) >= 11 is 0. The molecule has 0 aromatic heterocycles. The normalized spacial score (nSPS) is 9.36. The molecule has 0 heterocycles. The molecular formula is C24H59N. The van der Waals surface area contributed by atoms with Gasteiger partial charge in [0.2, 0.25) is 0 Å². The molecule has 1 heteroatoms. The highest BCUT2D eigenvalue weighted by atomic mass is 15.1. The highest BCUT2D eigenvalue weighted by molar-refractivity contribution is 4.60. The molecule has 0 aliphatic rings. The average molecular weight is 362 g/mol. The van der Waals surface area contributed by atoms with Gasteiger partial charge in [-0.15, -0.1) is 0 Å². The summed E-state index contributed by atoms with van der Waals surface area (Å²) in [5, 5.41) is 0. The van der Waals surface area contributed by atoms with E-state index in [1.54, 1.807) is 0 Å². The number of hydrogen-bond acceptors (Lipinski definition) is 1. The van der Waals surface area contributed by atoms with Crippen LogP contribution in [0.5, 0.6) is 0 Å². The van der Waals surface area contributed by atoms with E-state index in [2.05, 4.69) is 67.2 Å². The first-order chi connectivity index (χ1) is 11.8. The quantitative estimate of drug-likeness (QED) is 0.389. The first kappa shape index (κ1) is 36.0. The van der Waals surface area contributed by atoms with Crippen LogP contribution in [0.25, 0.3) is 0 Å². The van der Waals surface area contributed by atoms with Crippen LogP contribution in [0.15, 0.2) is 0 Å². The number of hydrogen-bond donors (Lipinski definition) is 0. The smallest absolute Gasteiger partial charge is 0.00215 e. The summed E-state index contributed by atoms with van der Waals surface area (Å²) < 4.78 is 0. The molecule has 0 amide bonds. The maximum atomic E-state index is 2.49. The summed E-state index contributed by atoms with van der Waals surface area (Å²) in [7, 11) is 0. The van der Waals surface area contributed by atoms with Crippen LogP contribution in [0, 0.1) is 5.41 Å². The number of rotatable bonds is 8. The second-order valence-electron chi connectivity index (χ2n) is 7.16. The zero-order valence-electron chi connectivity index (χ0n) is 21.0. The molecule has 25 heavy (non-hydrogen) atoms. The van der Waals surface area contributed by atoms with Crippen LogP contribution in [0.4, 0.5) is 0 Å². The van der Waals surface area contributed by atoms with Crippen LogP contribution in [-0.2, 0) is 0 Å². The fourth-order valence-electron chi connectivity index (χ4n) is 1.97. The predicted molar refractivity (Wildman–Crippen MR) is 125 cm³/mol. The number of unbranched alkanes of at least 4 members (excludes halogenated alkanes) is 2. The Morgan fingerprint density at radius 3 is 1.16 bits per heavy atom. The largest absolute Gasteiger partial charge is 0.304 e. The summed E-state index contributed by atoms with van der Waals surface area (Å²) in [6, 6.07) is 0. The van der Waals surface area contributed by atoms with Crippen LogP contribution in [0.3, 0.4) is 0 Å². The topological polar surface area (TPSA) is 3.24 Å². The molecule has 0 N–H and O–H groups in total. The third-order valence-corrected chi connectivity index (χ3v) is 3.06. The molecule has 160 valence electrons. The summed E-state index contributed by atoms with van der Waals surface area (Å²) in [6.45, 7) is 31.9. The molecule has 0 unspecified atom stereocenters. The van der Waals surface area contributed by atoms with Crippen LogP contribution in [-0.4, -0.2) is 24.5 Å². The van der Waals surface area contributed by atoms with Crippen LogP contribution in [0.2, 0.25) is 0 Å². The summed E-state index contributed by atoms with van der Waals surface area (Å²) in [6.07, 6.45) is 9.34. The Hall–Kier alpha value is -0.0400.